The smallest absolute Gasteiger partial charge is 0.279 e. The van der Waals surface area contributed by atoms with Crippen molar-refractivity contribution < 1.29 is 14.3 Å². The molecule has 2 rings (SSSR count). The van der Waals surface area contributed by atoms with E-state index in [1.165, 1.54) is 11.3 Å². The molecule has 0 radical (unpaired) electrons. The van der Waals surface area contributed by atoms with Gasteiger partial charge < -0.3 is 4.74 Å². The fraction of sp³-hybridized carbons (Fsp3) is 0.143. The summed E-state index contributed by atoms with van der Waals surface area (Å²) in [4.78, 5) is 23.8. The number of nitrogens with one attached hydrogen (secondary N) is 2. The summed E-state index contributed by atoms with van der Waals surface area (Å²) in [5.41, 5.74) is 5.58. The molecule has 0 aliphatic rings. The number of carbonyl (C=O) groups excluding carboxylic acids is 2. The first-order valence-corrected chi connectivity index (χ1v) is 7.70. The summed E-state index contributed by atoms with van der Waals surface area (Å²) < 4.78 is 6.22. The predicted molar refractivity (Wildman–Crippen MR) is 84.3 cm³/mol. The number of para-hydroxylation sites is 1. The molecule has 7 heteroatoms. The number of amides is 2. The van der Waals surface area contributed by atoms with Crippen molar-refractivity contribution in [2.24, 2.45) is 0 Å². The summed E-state index contributed by atoms with van der Waals surface area (Å²) in [6.07, 6.45) is 0. The summed E-state index contributed by atoms with van der Waals surface area (Å²) >= 11 is 4.55. The number of hydrogen-bond donors (Lipinski definition) is 2. The Labute approximate surface area is 134 Å². The van der Waals surface area contributed by atoms with Crippen molar-refractivity contribution in [3.05, 3.63) is 50.6 Å². The van der Waals surface area contributed by atoms with Crippen LogP contribution in [0.2, 0.25) is 0 Å². The lowest BCUT2D eigenvalue weighted by Crippen LogP contribution is -2.43. The summed E-state index contributed by atoms with van der Waals surface area (Å²) in [5.74, 6) is -0.154. The molecule has 2 amide bonds. The normalized spacial score (nSPS) is 10.0. The fourth-order valence-electron chi connectivity index (χ4n) is 1.52. The Kier molecular flexibility index (Phi) is 5.35. The molecule has 1 heterocycles. The second-order valence-electron chi connectivity index (χ2n) is 4.16. The molecule has 5 nitrogen and oxygen atoms in total. The van der Waals surface area contributed by atoms with Gasteiger partial charge in [0.1, 0.15) is 5.75 Å². The largest absolute Gasteiger partial charge is 0.483 e. The Balaban J connectivity index is 1.78. The first-order chi connectivity index (χ1) is 10.1. The van der Waals surface area contributed by atoms with Crippen molar-refractivity contribution in [2.45, 2.75) is 6.92 Å². The third-order valence-corrected chi connectivity index (χ3v) is 4.19. The molecule has 0 saturated carbocycles. The summed E-state index contributed by atoms with van der Waals surface area (Å²) in [6.45, 7) is 1.73. The molecule has 2 aromatic rings. The maximum absolute atomic E-state index is 11.7. The molecule has 110 valence electrons. The van der Waals surface area contributed by atoms with E-state index in [1.54, 1.807) is 18.2 Å². The molecule has 21 heavy (non-hydrogen) atoms. The van der Waals surface area contributed by atoms with Crippen LogP contribution >= 0.6 is 27.3 Å². The number of carbonyl (C=O) groups is 2. The zero-order chi connectivity index (χ0) is 15.2. The first-order valence-electron chi connectivity index (χ1n) is 6.09. The molecule has 0 fully saturated rings. The van der Waals surface area contributed by atoms with Gasteiger partial charge in [0.15, 0.2) is 6.61 Å². The molecule has 2 N–H and O–H groups in total. The number of thiophene rings is 1. The Morgan fingerprint density at radius 1 is 1.19 bits per heavy atom. The maximum Gasteiger partial charge on any atom is 0.279 e. The highest BCUT2D eigenvalue weighted by atomic mass is 79.9. The highest BCUT2D eigenvalue weighted by Gasteiger charge is 2.10. The number of hydrazine groups is 1. The van der Waals surface area contributed by atoms with Crippen LogP contribution in [-0.4, -0.2) is 18.4 Å². The van der Waals surface area contributed by atoms with Crippen LogP contribution in [-0.2, 0) is 4.79 Å². The second-order valence-corrected chi connectivity index (χ2v) is 6.62. The molecule has 0 unspecified atom stereocenters. The third kappa shape index (κ3) is 4.57. The van der Waals surface area contributed by atoms with Gasteiger partial charge in [0.05, 0.1) is 8.66 Å². The lowest BCUT2D eigenvalue weighted by Gasteiger charge is -2.09. The van der Waals surface area contributed by atoms with E-state index in [4.69, 9.17) is 4.74 Å². The molecule has 0 aliphatic heterocycles. The van der Waals surface area contributed by atoms with Gasteiger partial charge in [-0.1, -0.05) is 18.2 Å². The van der Waals surface area contributed by atoms with Crippen LogP contribution in [0.15, 0.2) is 40.2 Å². The Hall–Kier alpha value is -1.86. The van der Waals surface area contributed by atoms with E-state index >= 15 is 0 Å². The molecular weight excluding hydrogens is 356 g/mol. The average Bonchev–Trinajstić information content (AvgIpc) is 2.90. The number of ether oxygens (including phenoxy) is 1. The quantitative estimate of drug-likeness (QED) is 0.815. The van der Waals surface area contributed by atoms with Gasteiger partial charge in [-0.15, -0.1) is 11.3 Å². The van der Waals surface area contributed by atoms with Gasteiger partial charge in [0.2, 0.25) is 0 Å². The van der Waals surface area contributed by atoms with Crippen LogP contribution in [0.1, 0.15) is 15.2 Å². The molecule has 0 bridgehead atoms. The number of aryl methyl sites for hydroxylation is 1. The van der Waals surface area contributed by atoms with Crippen molar-refractivity contribution >= 4 is 39.1 Å². The van der Waals surface area contributed by atoms with Gasteiger partial charge >= 0.3 is 0 Å². The van der Waals surface area contributed by atoms with E-state index in [0.29, 0.717) is 10.6 Å². The van der Waals surface area contributed by atoms with E-state index in [1.807, 2.05) is 25.1 Å². The lowest BCUT2D eigenvalue weighted by molar-refractivity contribution is -0.123. The number of hydrogen-bond acceptors (Lipinski definition) is 4. The minimum absolute atomic E-state index is 0.167. The summed E-state index contributed by atoms with van der Waals surface area (Å²) in [6, 6.07) is 10.8. The van der Waals surface area contributed by atoms with E-state index in [-0.39, 0.29) is 12.5 Å². The highest BCUT2D eigenvalue weighted by Crippen LogP contribution is 2.21. The molecule has 0 atom stereocenters. The molecule has 1 aromatic heterocycles. The van der Waals surface area contributed by atoms with Gasteiger partial charge in [0, 0.05) is 0 Å². The summed E-state index contributed by atoms with van der Waals surface area (Å²) in [5, 5.41) is 0. The third-order valence-electron chi connectivity index (χ3n) is 2.56. The molecule has 1 aromatic carbocycles. The second kappa shape index (κ2) is 7.24. The van der Waals surface area contributed by atoms with Crippen molar-refractivity contribution in [1.82, 2.24) is 10.9 Å². The summed E-state index contributed by atoms with van der Waals surface area (Å²) in [7, 11) is 0. The lowest BCUT2D eigenvalue weighted by atomic mass is 10.2. The zero-order valence-corrected chi connectivity index (χ0v) is 13.6. The SMILES string of the molecule is Cc1ccccc1OCC(=O)NNC(=O)c1ccc(Br)s1. The van der Waals surface area contributed by atoms with Crippen LogP contribution in [0.5, 0.6) is 5.75 Å². The maximum atomic E-state index is 11.7. The zero-order valence-electron chi connectivity index (χ0n) is 11.2. The molecular formula is C14H13BrN2O3S. The average molecular weight is 369 g/mol. The molecule has 0 saturated heterocycles. The Morgan fingerprint density at radius 3 is 2.62 bits per heavy atom. The van der Waals surface area contributed by atoms with Crippen molar-refractivity contribution in [3.63, 3.8) is 0 Å². The van der Waals surface area contributed by atoms with Crippen LogP contribution < -0.4 is 15.6 Å². The fourth-order valence-corrected chi connectivity index (χ4v) is 2.80. The number of benzene rings is 1. The standard InChI is InChI=1S/C14H13BrN2O3S/c1-9-4-2-3-5-10(9)20-8-13(18)16-17-14(19)11-6-7-12(15)21-11/h2-7H,8H2,1H3,(H,16,18)(H,17,19). The van der Waals surface area contributed by atoms with Crippen LogP contribution in [0, 0.1) is 6.92 Å². The molecule has 0 spiro atoms. The van der Waals surface area contributed by atoms with Gasteiger partial charge in [-0.2, -0.15) is 0 Å². The van der Waals surface area contributed by atoms with E-state index in [0.717, 1.165) is 9.35 Å². The predicted octanol–water partition coefficient (Wildman–Crippen LogP) is 2.66. The van der Waals surface area contributed by atoms with Crippen LogP contribution in [0.25, 0.3) is 0 Å². The van der Waals surface area contributed by atoms with Crippen molar-refractivity contribution in [1.29, 1.82) is 0 Å². The van der Waals surface area contributed by atoms with E-state index in [9.17, 15) is 9.59 Å². The van der Waals surface area contributed by atoms with Crippen LogP contribution in [0.3, 0.4) is 0 Å². The van der Waals surface area contributed by atoms with Gasteiger partial charge in [-0.05, 0) is 46.6 Å². The minimum atomic E-state index is -0.428. The topological polar surface area (TPSA) is 67.4 Å². The number of rotatable bonds is 4. The first kappa shape index (κ1) is 15.5. The molecule has 0 aliphatic carbocycles. The minimum Gasteiger partial charge on any atom is -0.483 e. The van der Waals surface area contributed by atoms with Gasteiger partial charge in [-0.3, -0.25) is 20.4 Å². The van der Waals surface area contributed by atoms with E-state index < -0.39 is 5.91 Å². The Bertz CT molecular complexity index is 657. The van der Waals surface area contributed by atoms with E-state index in [2.05, 4.69) is 26.8 Å². The van der Waals surface area contributed by atoms with Crippen molar-refractivity contribution in [3.8, 4) is 5.75 Å². The monoisotopic (exact) mass is 368 g/mol. The Morgan fingerprint density at radius 2 is 1.95 bits per heavy atom. The highest BCUT2D eigenvalue weighted by molar-refractivity contribution is 9.11. The van der Waals surface area contributed by atoms with Gasteiger partial charge in [0.25, 0.3) is 11.8 Å². The van der Waals surface area contributed by atoms with Crippen molar-refractivity contribution in [2.75, 3.05) is 6.61 Å². The van der Waals surface area contributed by atoms with Crippen LogP contribution in [0.4, 0.5) is 0 Å². The van der Waals surface area contributed by atoms with Gasteiger partial charge in [-0.25, -0.2) is 0 Å². The number of halogens is 1.